The molecule has 0 aromatic rings. The predicted octanol–water partition coefficient (Wildman–Crippen LogP) is 15.4. The van der Waals surface area contributed by atoms with E-state index in [2.05, 4.69) is 38.0 Å². The summed E-state index contributed by atoms with van der Waals surface area (Å²) in [4.78, 5) is 159. The molecule has 35 nitrogen and oxygen atoms in total. The summed E-state index contributed by atoms with van der Waals surface area (Å²) >= 11 is 0. The van der Waals surface area contributed by atoms with Crippen LogP contribution in [0.4, 0.5) is 0 Å². The van der Waals surface area contributed by atoms with Gasteiger partial charge in [-0.3, -0.25) is 47.9 Å². The van der Waals surface area contributed by atoms with E-state index in [1.807, 2.05) is 111 Å². The van der Waals surface area contributed by atoms with E-state index in [9.17, 15) is 77.3 Å². The van der Waals surface area contributed by atoms with E-state index in [4.69, 9.17) is 85.3 Å². The minimum absolute atomic E-state index is 0.0237. The minimum atomic E-state index is -1.02. The standard InChI is InChI=1S/C16H26O6.C15H24O6.C13H22O5.C13H24O4.C13H22O3.C12H20O5.C12H22O3.C9H16O3/c1-6-16(4,5)15(19)22-11-10-20-13(17)8-7-9-21-14(18)12(2)3;1-5-12(16)19-9-7-8-13(17)20-10-11-21-14(18)15(3,4)6-2;1-6-13(4,5)12(16)18-8-10(14)7-17-11(15)9(2)3;1-4-13(2,3)12(14)16-8-6-5-7-15-9-11-10-17-11;1-4-13(2,3)12(14)15-8-9-5-6-10-11(7-9)16-10;1-5-10(14)16-7-9(13)8-17-11(15)12(3,4)6-2;1-5-11(3,4)10(13)15-9-12(6-2)7-14-8-12;1-4-9(2,3)8(10)12-6-7-5-11-7/h2,6-11H2,1,3-5H3;5H,1,6-11H2,2-4H3;10,14H,2,6-8H2,1,3-5H3;11H,4-10H2,1-3H3;9-11H,4-8H2,1-3H3;5,9,13H,1,6-8H2,2-4H3;5-9H2,1-4H3;7H,4-6H2,1-3H3. The smallest absolute Gasteiger partial charge is 0.333 e. The van der Waals surface area contributed by atoms with E-state index < -0.39 is 69.7 Å². The predicted molar refractivity (Wildman–Crippen MR) is 516 cm³/mol. The summed E-state index contributed by atoms with van der Waals surface area (Å²) in [5, 5.41) is 18.9. The van der Waals surface area contributed by atoms with Gasteiger partial charge in [-0.25, -0.2) is 19.2 Å². The van der Waals surface area contributed by atoms with Crippen LogP contribution in [0.15, 0.2) is 49.6 Å². The summed E-state index contributed by atoms with van der Waals surface area (Å²) in [6.07, 6.45) is 14.6. The second kappa shape index (κ2) is 69.2. The van der Waals surface area contributed by atoms with Gasteiger partial charge in [0.25, 0.3) is 0 Å². The molecule has 4 aliphatic heterocycles. The molecule has 0 spiro atoms. The molecule has 0 amide bonds. The Morgan fingerprint density at radius 2 is 0.674 bits per heavy atom. The fourth-order valence-corrected chi connectivity index (χ4v) is 9.38. The highest BCUT2D eigenvalue weighted by atomic mass is 16.6. The molecular formula is C103H176O35. The average molecular weight is 1970 g/mol. The fraction of sp³-hybridized carbons (Fsp3) is 0.786. The third kappa shape index (κ3) is 61.7. The van der Waals surface area contributed by atoms with Crippen LogP contribution in [-0.2, 0) is 157 Å². The highest BCUT2D eigenvalue weighted by Crippen LogP contribution is 2.40. The third-order valence-electron chi connectivity index (χ3n) is 23.9. The summed E-state index contributed by atoms with van der Waals surface area (Å²) in [7, 11) is 0. The zero-order valence-corrected chi connectivity index (χ0v) is 88.8. The number of hydrogen-bond donors (Lipinski definition) is 2. The lowest BCUT2D eigenvalue weighted by Crippen LogP contribution is -2.47. The molecular weight excluding hydrogens is 1800 g/mol. The van der Waals surface area contributed by atoms with E-state index in [1.54, 1.807) is 62.3 Å². The second-order valence-corrected chi connectivity index (χ2v) is 39.7. The van der Waals surface area contributed by atoms with Gasteiger partial charge in [0.15, 0.2) is 0 Å². The molecule has 4 saturated heterocycles. The molecule has 5 rings (SSSR count). The molecule has 5 fully saturated rings. The Hall–Kier alpha value is -8.74. The lowest BCUT2D eigenvalue weighted by molar-refractivity contribution is -0.178. The highest BCUT2D eigenvalue weighted by Gasteiger charge is 2.45. The van der Waals surface area contributed by atoms with E-state index in [1.165, 1.54) is 6.92 Å². The Kier molecular flexibility index (Phi) is 66.9. The van der Waals surface area contributed by atoms with Crippen LogP contribution >= 0.6 is 0 Å². The molecule has 798 valence electrons. The van der Waals surface area contributed by atoms with E-state index in [-0.39, 0.29) is 165 Å². The Morgan fingerprint density at radius 1 is 0.362 bits per heavy atom. The molecule has 7 atom stereocenters. The summed E-state index contributed by atoms with van der Waals surface area (Å²) in [6, 6.07) is 0. The van der Waals surface area contributed by atoms with Crippen molar-refractivity contribution >= 4 is 83.6 Å². The molecule has 35 heteroatoms. The number of hydrogen-bond acceptors (Lipinski definition) is 35. The fourth-order valence-electron chi connectivity index (χ4n) is 9.38. The zero-order valence-electron chi connectivity index (χ0n) is 88.8. The van der Waals surface area contributed by atoms with Crippen molar-refractivity contribution in [2.75, 3.05) is 132 Å². The lowest BCUT2D eigenvalue weighted by atomic mass is 9.84. The van der Waals surface area contributed by atoms with Gasteiger partial charge in [-0.05, 0) is 233 Å². The largest absolute Gasteiger partial charge is 0.465 e. The molecule has 1 saturated carbocycles. The van der Waals surface area contributed by atoms with Gasteiger partial charge in [-0.15, -0.1) is 0 Å². The quantitative estimate of drug-likeness (QED) is 0.0188. The van der Waals surface area contributed by atoms with Crippen LogP contribution in [0.25, 0.3) is 0 Å². The first-order chi connectivity index (χ1) is 64.2. The van der Waals surface area contributed by atoms with E-state index in [0.29, 0.717) is 108 Å². The first-order valence-electron chi connectivity index (χ1n) is 48.5. The molecule has 0 aromatic carbocycles. The van der Waals surface area contributed by atoms with Crippen LogP contribution in [0.1, 0.15) is 303 Å². The summed E-state index contributed by atoms with van der Waals surface area (Å²) in [5.74, 6) is -4.27. The van der Waals surface area contributed by atoms with Crippen molar-refractivity contribution in [3.8, 4) is 0 Å². The van der Waals surface area contributed by atoms with Gasteiger partial charge in [-0.2, -0.15) is 0 Å². The van der Waals surface area contributed by atoms with Gasteiger partial charge in [0.05, 0.1) is 120 Å². The van der Waals surface area contributed by atoms with Gasteiger partial charge >= 0.3 is 83.6 Å². The second-order valence-electron chi connectivity index (χ2n) is 39.7. The minimum Gasteiger partial charge on any atom is -0.465 e. The number of esters is 14. The third-order valence-corrected chi connectivity index (χ3v) is 23.9. The van der Waals surface area contributed by atoms with Crippen LogP contribution in [0.3, 0.4) is 0 Å². The van der Waals surface area contributed by atoms with Gasteiger partial charge < -0.3 is 100 Å². The first-order valence-corrected chi connectivity index (χ1v) is 48.5. The summed E-state index contributed by atoms with van der Waals surface area (Å²) < 4.78 is 95.7. The monoisotopic (exact) mass is 1970 g/mol. The number of epoxide rings is 3. The number of carbonyl (C=O) groups excluding carboxylic acids is 14. The SMILES string of the molecule is C=C(C)C(=O)OCC(O)COC(=O)C(C)(C)CC.C=C(C)C(=O)OCCCC(=O)OCCOC(=O)C(C)(C)CC.C=CC(=O)OCC(O)COC(=O)C(C)(C)CC.C=CC(=O)OCCCC(=O)OCCOC(=O)C(C)(C)CC.CCC(C)(C)C(=O)OCC1CCC2OC2C1.CCC(C)(C)C(=O)OCC1CO1.CCC(C)(C)C(=O)OCCCCOCC1CO1.CCC1(COC(=O)C(C)(C)CC)COC1. The lowest BCUT2D eigenvalue weighted by Gasteiger charge is -2.40. The van der Waals surface area contributed by atoms with Crippen molar-refractivity contribution in [3.63, 3.8) is 0 Å². The maximum Gasteiger partial charge on any atom is 0.333 e. The van der Waals surface area contributed by atoms with Gasteiger partial charge in [0, 0.05) is 42.7 Å². The zero-order chi connectivity index (χ0) is 106. The molecule has 2 N–H and O–H groups in total. The molecule has 0 bridgehead atoms. The molecule has 5 aliphatic rings. The number of rotatable bonds is 56. The maximum absolute atomic E-state index is 11.8. The molecule has 1 aliphatic carbocycles. The summed E-state index contributed by atoms with van der Waals surface area (Å²) in [6.45, 7) is 69.7. The molecule has 0 radical (unpaired) electrons. The van der Waals surface area contributed by atoms with Crippen molar-refractivity contribution in [2.24, 2.45) is 54.7 Å². The van der Waals surface area contributed by atoms with E-state index >= 15 is 0 Å². The number of unbranched alkanes of at least 4 members (excludes halogenated alkanes) is 1. The van der Waals surface area contributed by atoms with Crippen molar-refractivity contribution < 1.29 is 167 Å². The summed E-state index contributed by atoms with van der Waals surface area (Å²) in [5.41, 5.74) is -2.95. The first kappa shape index (κ1) is 133. The number of ether oxygens (including phenoxy) is 19. The molecule has 4 heterocycles. The maximum atomic E-state index is 11.8. The van der Waals surface area contributed by atoms with Gasteiger partial charge in [0.1, 0.15) is 90.5 Å². The number of aliphatic hydroxyl groups excluding tert-OH is 2. The van der Waals surface area contributed by atoms with E-state index in [0.717, 1.165) is 103 Å². The average Bonchev–Trinajstić information content (AvgIpc) is 1.70. The number of aliphatic hydroxyl groups is 2. The topological polar surface area (TPSA) is 465 Å². The van der Waals surface area contributed by atoms with Crippen LogP contribution in [0.2, 0.25) is 0 Å². The number of carbonyl (C=O) groups is 14. The number of fused-ring (bicyclic) bond motifs is 1. The molecule has 7 unspecified atom stereocenters. The normalized spacial score (nSPS) is 16.8. The highest BCUT2D eigenvalue weighted by molar-refractivity contribution is 5.87. The van der Waals surface area contributed by atoms with Crippen LogP contribution in [0, 0.1) is 54.7 Å². The van der Waals surface area contributed by atoms with Crippen molar-refractivity contribution in [1.29, 1.82) is 0 Å². The molecule has 0 aromatic heterocycles. The van der Waals surface area contributed by atoms with Crippen molar-refractivity contribution in [1.82, 2.24) is 0 Å². The van der Waals surface area contributed by atoms with Gasteiger partial charge in [-0.1, -0.05) is 88.6 Å². The Bertz CT molecular complexity index is 3680. The Morgan fingerprint density at radius 3 is 1.03 bits per heavy atom. The molecule has 138 heavy (non-hydrogen) atoms. The van der Waals surface area contributed by atoms with Crippen LogP contribution in [-0.4, -0.2) is 263 Å². The van der Waals surface area contributed by atoms with Crippen molar-refractivity contribution in [3.05, 3.63) is 49.6 Å². The van der Waals surface area contributed by atoms with Crippen LogP contribution in [0.5, 0.6) is 0 Å². The Labute approximate surface area is 822 Å². The van der Waals surface area contributed by atoms with Crippen molar-refractivity contribution in [2.45, 2.75) is 339 Å². The van der Waals surface area contributed by atoms with Crippen LogP contribution < -0.4 is 0 Å². The Balaban J connectivity index is -0.00000152. The van der Waals surface area contributed by atoms with Gasteiger partial charge in [0.2, 0.25) is 0 Å².